The molecule has 1 aromatic heterocycles. The first-order valence-electron chi connectivity index (χ1n) is 8.27. The Labute approximate surface area is 159 Å². The Morgan fingerprint density at radius 3 is 2.62 bits per heavy atom. The van der Waals surface area contributed by atoms with Crippen molar-refractivity contribution in [3.05, 3.63) is 69.9 Å². The maximum absolute atomic E-state index is 12.5. The molecule has 2 amide bonds. The number of aryl methyl sites for hydroxylation is 1. The number of furan rings is 1. The third-order valence-corrected chi connectivity index (χ3v) is 4.65. The van der Waals surface area contributed by atoms with Gasteiger partial charge in [-0.1, -0.05) is 46.3 Å². The number of hydrogen-bond acceptors (Lipinski definition) is 3. The molecular weight excluding hydrogens is 396 g/mol. The topological polar surface area (TPSA) is 71.3 Å². The van der Waals surface area contributed by atoms with Gasteiger partial charge in [-0.15, -0.1) is 0 Å². The van der Waals surface area contributed by atoms with Crippen LogP contribution in [-0.4, -0.2) is 17.9 Å². The lowest BCUT2D eigenvalue weighted by Crippen LogP contribution is -2.44. The zero-order valence-electron chi connectivity index (χ0n) is 14.5. The van der Waals surface area contributed by atoms with Crippen LogP contribution in [0.5, 0.6) is 0 Å². The summed E-state index contributed by atoms with van der Waals surface area (Å²) >= 11 is 3.41. The van der Waals surface area contributed by atoms with Crippen molar-refractivity contribution < 1.29 is 14.0 Å². The second-order valence-corrected chi connectivity index (χ2v) is 7.01. The lowest BCUT2D eigenvalue weighted by atomic mass is 10.1. The molecule has 3 aromatic rings. The molecule has 1 unspecified atom stereocenters. The van der Waals surface area contributed by atoms with E-state index in [2.05, 4.69) is 26.6 Å². The summed E-state index contributed by atoms with van der Waals surface area (Å²) in [6, 6.07) is 14.5. The number of fused-ring (bicyclic) bond motifs is 1. The molecule has 26 heavy (non-hydrogen) atoms. The van der Waals surface area contributed by atoms with Gasteiger partial charge in [0.1, 0.15) is 11.6 Å². The third kappa shape index (κ3) is 3.96. The van der Waals surface area contributed by atoms with Gasteiger partial charge in [-0.25, -0.2) is 0 Å². The van der Waals surface area contributed by atoms with Gasteiger partial charge in [0, 0.05) is 22.0 Å². The van der Waals surface area contributed by atoms with Crippen LogP contribution in [0.4, 0.5) is 0 Å². The van der Waals surface area contributed by atoms with Gasteiger partial charge < -0.3 is 15.1 Å². The Hall–Kier alpha value is -2.60. The summed E-state index contributed by atoms with van der Waals surface area (Å²) in [5, 5.41) is 6.37. The first-order valence-corrected chi connectivity index (χ1v) is 9.06. The Morgan fingerprint density at radius 1 is 1.15 bits per heavy atom. The molecule has 1 atom stereocenters. The number of benzene rings is 2. The standard InChI is InChI=1S/C20H19BrN2O3/c1-12-16-10-15(21)8-9-17(16)26-18(12)20(25)23-13(2)19(24)22-11-14-6-4-3-5-7-14/h3-10,13H,11H2,1-2H3,(H,22,24)(H,23,25). The normalized spacial score (nSPS) is 12.0. The van der Waals surface area contributed by atoms with E-state index in [1.807, 2.05) is 49.4 Å². The van der Waals surface area contributed by atoms with E-state index in [4.69, 9.17) is 4.42 Å². The predicted molar refractivity (Wildman–Crippen MR) is 104 cm³/mol. The number of hydrogen-bond donors (Lipinski definition) is 2. The molecular formula is C20H19BrN2O3. The van der Waals surface area contributed by atoms with Crippen LogP contribution in [-0.2, 0) is 11.3 Å². The number of amides is 2. The molecule has 1 heterocycles. The summed E-state index contributed by atoms with van der Waals surface area (Å²) in [6.45, 7) is 3.89. The van der Waals surface area contributed by atoms with Gasteiger partial charge in [-0.2, -0.15) is 0 Å². The summed E-state index contributed by atoms with van der Waals surface area (Å²) in [6.07, 6.45) is 0. The highest BCUT2D eigenvalue weighted by Gasteiger charge is 2.22. The maximum atomic E-state index is 12.5. The fourth-order valence-electron chi connectivity index (χ4n) is 2.68. The van der Waals surface area contributed by atoms with E-state index in [-0.39, 0.29) is 11.7 Å². The van der Waals surface area contributed by atoms with Crippen molar-refractivity contribution in [1.82, 2.24) is 10.6 Å². The number of rotatable bonds is 5. The molecule has 2 aromatic carbocycles. The van der Waals surface area contributed by atoms with Crippen LogP contribution < -0.4 is 10.6 Å². The highest BCUT2D eigenvalue weighted by Crippen LogP contribution is 2.28. The first kappa shape index (κ1) is 18.2. The van der Waals surface area contributed by atoms with E-state index in [0.29, 0.717) is 12.1 Å². The summed E-state index contributed by atoms with van der Waals surface area (Å²) < 4.78 is 6.57. The summed E-state index contributed by atoms with van der Waals surface area (Å²) in [7, 11) is 0. The fraction of sp³-hybridized carbons (Fsp3) is 0.200. The molecule has 0 aliphatic carbocycles. The zero-order valence-corrected chi connectivity index (χ0v) is 16.1. The summed E-state index contributed by atoms with van der Waals surface area (Å²) in [5.41, 5.74) is 2.38. The molecule has 0 saturated heterocycles. The minimum absolute atomic E-state index is 0.223. The van der Waals surface area contributed by atoms with Gasteiger partial charge in [0.25, 0.3) is 5.91 Å². The largest absolute Gasteiger partial charge is 0.451 e. The second-order valence-electron chi connectivity index (χ2n) is 6.10. The smallest absolute Gasteiger partial charge is 0.287 e. The van der Waals surface area contributed by atoms with Gasteiger partial charge in [0.2, 0.25) is 5.91 Å². The van der Waals surface area contributed by atoms with E-state index in [0.717, 1.165) is 21.0 Å². The average molecular weight is 415 g/mol. The van der Waals surface area contributed by atoms with Crippen LogP contribution in [0.25, 0.3) is 11.0 Å². The molecule has 0 spiro atoms. The first-order chi connectivity index (χ1) is 12.5. The summed E-state index contributed by atoms with van der Waals surface area (Å²) in [4.78, 5) is 24.7. The summed E-state index contributed by atoms with van der Waals surface area (Å²) in [5.74, 6) is -0.434. The van der Waals surface area contributed by atoms with Crippen LogP contribution in [0.15, 0.2) is 57.4 Å². The van der Waals surface area contributed by atoms with E-state index in [1.165, 1.54) is 0 Å². The van der Waals surface area contributed by atoms with Crippen molar-refractivity contribution in [2.24, 2.45) is 0 Å². The Balaban J connectivity index is 1.65. The SMILES string of the molecule is Cc1c(C(=O)NC(C)C(=O)NCc2ccccc2)oc2ccc(Br)cc12. The molecule has 134 valence electrons. The lowest BCUT2D eigenvalue weighted by Gasteiger charge is -2.13. The minimum Gasteiger partial charge on any atom is -0.451 e. The Kier molecular flexibility index (Phi) is 5.42. The van der Waals surface area contributed by atoms with Crippen molar-refractivity contribution in [3.8, 4) is 0 Å². The van der Waals surface area contributed by atoms with Gasteiger partial charge in [-0.3, -0.25) is 9.59 Å². The van der Waals surface area contributed by atoms with Gasteiger partial charge in [0.15, 0.2) is 5.76 Å². The van der Waals surface area contributed by atoms with Crippen LogP contribution in [0.3, 0.4) is 0 Å². The van der Waals surface area contributed by atoms with E-state index < -0.39 is 11.9 Å². The molecule has 0 aliphatic heterocycles. The van der Waals surface area contributed by atoms with Crippen LogP contribution >= 0.6 is 15.9 Å². The van der Waals surface area contributed by atoms with Gasteiger partial charge in [0.05, 0.1) is 0 Å². The molecule has 3 rings (SSSR count). The second kappa shape index (κ2) is 7.74. The van der Waals surface area contributed by atoms with Crippen molar-refractivity contribution in [2.45, 2.75) is 26.4 Å². The highest BCUT2D eigenvalue weighted by atomic mass is 79.9. The van der Waals surface area contributed by atoms with Crippen molar-refractivity contribution in [1.29, 1.82) is 0 Å². The fourth-order valence-corrected chi connectivity index (χ4v) is 3.04. The average Bonchev–Trinajstić information content (AvgIpc) is 2.97. The molecule has 0 fully saturated rings. The van der Waals surface area contributed by atoms with Gasteiger partial charge >= 0.3 is 0 Å². The monoisotopic (exact) mass is 414 g/mol. The lowest BCUT2D eigenvalue weighted by molar-refractivity contribution is -0.122. The van der Waals surface area contributed by atoms with Crippen LogP contribution in [0.2, 0.25) is 0 Å². The molecule has 6 heteroatoms. The molecule has 0 bridgehead atoms. The third-order valence-electron chi connectivity index (χ3n) is 4.15. The predicted octanol–water partition coefficient (Wildman–Crippen LogP) is 3.94. The van der Waals surface area contributed by atoms with E-state index >= 15 is 0 Å². The van der Waals surface area contributed by atoms with E-state index in [9.17, 15) is 9.59 Å². The van der Waals surface area contributed by atoms with Crippen LogP contribution in [0, 0.1) is 6.92 Å². The van der Waals surface area contributed by atoms with Crippen molar-refractivity contribution >= 4 is 38.7 Å². The highest BCUT2D eigenvalue weighted by molar-refractivity contribution is 9.10. The Morgan fingerprint density at radius 2 is 1.88 bits per heavy atom. The van der Waals surface area contributed by atoms with Crippen LogP contribution in [0.1, 0.15) is 28.6 Å². The van der Waals surface area contributed by atoms with Crippen molar-refractivity contribution in [3.63, 3.8) is 0 Å². The maximum Gasteiger partial charge on any atom is 0.287 e. The molecule has 0 saturated carbocycles. The molecule has 0 radical (unpaired) electrons. The van der Waals surface area contributed by atoms with E-state index in [1.54, 1.807) is 13.0 Å². The Bertz CT molecular complexity index is 950. The quantitative estimate of drug-likeness (QED) is 0.663. The number of halogens is 1. The zero-order chi connectivity index (χ0) is 18.7. The molecule has 5 nitrogen and oxygen atoms in total. The van der Waals surface area contributed by atoms with Crippen molar-refractivity contribution in [2.75, 3.05) is 0 Å². The minimum atomic E-state index is -0.675. The number of carbonyl (C=O) groups excluding carboxylic acids is 2. The number of carbonyl (C=O) groups is 2. The number of nitrogens with one attached hydrogen (secondary N) is 2. The van der Waals surface area contributed by atoms with Gasteiger partial charge in [-0.05, 0) is 37.6 Å². The molecule has 2 N–H and O–H groups in total. The molecule has 0 aliphatic rings.